The van der Waals surface area contributed by atoms with Gasteiger partial charge in [-0.3, -0.25) is 14.6 Å². The lowest BCUT2D eigenvalue weighted by Gasteiger charge is -2.13. The number of Topliss-reactive ketones (excluding diaryl/α,β-unsaturated/α-hetero) is 1. The Morgan fingerprint density at radius 3 is 2.66 bits per heavy atom. The topological polar surface area (TPSA) is 110 Å². The van der Waals surface area contributed by atoms with Gasteiger partial charge in [0.25, 0.3) is 5.92 Å². The molecule has 1 aliphatic rings. The number of carbonyl (C=O) groups excluding carboxylic acids is 2. The van der Waals surface area contributed by atoms with Crippen LogP contribution in [0.25, 0.3) is 11.3 Å². The quantitative estimate of drug-likeness (QED) is 0.533. The van der Waals surface area contributed by atoms with Crippen LogP contribution in [0.4, 0.5) is 26.1 Å². The van der Waals surface area contributed by atoms with Gasteiger partial charge in [-0.15, -0.1) is 0 Å². The highest BCUT2D eigenvalue weighted by molar-refractivity contribution is 5.95. The second-order valence-electron chi connectivity index (χ2n) is 7.48. The Bertz CT molecular complexity index is 1200. The number of alkyl halides is 2. The Morgan fingerprint density at radius 2 is 1.97 bits per heavy atom. The molecule has 0 aromatic carbocycles. The molecule has 1 atom stereocenters. The summed E-state index contributed by atoms with van der Waals surface area (Å²) in [5.41, 5.74) is 2.92. The first-order valence-corrected chi connectivity index (χ1v) is 10.0. The zero-order chi connectivity index (χ0) is 22.9. The molecule has 3 aromatic heterocycles. The van der Waals surface area contributed by atoms with Crippen molar-refractivity contribution in [1.29, 1.82) is 0 Å². The minimum absolute atomic E-state index is 0.0438. The summed E-state index contributed by atoms with van der Waals surface area (Å²) in [6, 6.07) is 6.70. The molecule has 0 bridgehead atoms. The van der Waals surface area contributed by atoms with E-state index in [9.17, 15) is 18.4 Å². The maximum Gasteiger partial charge on any atom is 0.260 e. The third kappa shape index (κ3) is 4.43. The first-order chi connectivity index (χ1) is 15.3. The molecule has 164 valence electrons. The fraction of sp³-hybridized carbons (Fsp3) is 0.273. The lowest BCUT2D eigenvalue weighted by molar-refractivity contribution is -0.119. The monoisotopic (exact) mass is 438 g/mol. The van der Waals surface area contributed by atoms with Crippen LogP contribution < -0.4 is 10.6 Å². The number of hydrogen-bond acceptors (Lipinski definition) is 7. The minimum atomic E-state index is -2.95. The highest BCUT2D eigenvalue weighted by atomic mass is 19.3. The van der Waals surface area contributed by atoms with Crippen molar-refractivity contribution in [2.75, 3.05) is 10.6 Å². The number of nitrogens with zero attached hydrogens (tertiary/aromatic N) is 4. The summed E-state index contributed by atoms with van der Waals surface area (Å²) < 4.78 is 26.3. The number of halogens is 2. The number of rotatable bonds is 7. The van der Waals surface area contributed by atoms with Gasteiger partial charge < -0.3 is 10.6 Å². The molecule has 0 aliphatic heterocycles. The van der Waals surface area contributed by atoms with Gasteiger partial charge in [-0.2, -0.15) is 0 Å². The van der Waals surface area contributed by atoms with Gasteiger partial charge in [0.1, 0.15) is 29.6 Å². The summed E-state index contributed by atoms with van der Waals surface area (Å²) in [6.45, 7) is 3.63. The summed E-state index contributed by atoms with van der Waals surface area (Å²) in [5, 5.41) is 5.61. The van der Waals surface area contributed by atoms with E-state index in [0.29, 0.717) is 34.9 Å². The Balaban J connectivity index is 1.58. The van der Waals surface area contributed by atoms with Crippen molar-refractivity contribution in [2.45, 2.75) is 32.6 Å². The number of pyridine rings is 2. The number of carbonyl (C=O) groups is 2. The molecule has 1 amide bonds. The van der Waals surface area contributed by atoms with Crippen molar-refractivity contribution >= 4 is 29.0 Å². The van der Waals surface area contributed by atoms with Gasteiger partial charge in [-0.25, -0.2) is 23.7 Å². The summed E-state index contributed by atoms with van der Waals surface area (Å²) >= 11 is 0. The first kappa shape index (κ1) is 21.4. The average molecular weight is 438 g/mol. The van der Waals surface area contributed by atoms with E-state index in [1.165, 1.54) is 12.4 Å². The van der Waals surface area contributed by atoms with Crippen molar-refractivity contribution in [2.24, 2.45) is 5.92 Å². The van der Waals surface area contributed by atoms with Gasteiger partial charge in [-0.05, 0) is 30.7 Å². The molecule has 32 heavy (non-hydrogen) atoms. The van der Waals surface area contributed by atoms with Gasteiger partial charge in [0, 0.05) is 30.7 Å². The van der Waals surface area contributed by atoms with Crippen molar-refractivity contribution in [3.63, 3.8) is 0 Å². The predicted octanol–water partition coefficient (Wildman–Crippen LogP) is 4.17. The Labute approximate surface area is 182 Å². The SMILES string of the molecule is CCC(=O)c1cc(C)c(Nc2ncccc2-c2cc(NC(=O)[C@H]3CC3(F)F)ncn2)cn1. The largest absolute Gasteiger partial charge is 0.338 e. The second kappa shape index (κ2) is 8.37. The molecule has 0 saturated heterocycles. The molecule has 0 unspecified atom stereocenters. The van der Waals surface area contributed by atoms with Gasteiger partial charge in [0.05, 0.1) is 17.6 Å². The Hall–Kier alpha value is -3.82. The van der Waals surface area contributed by atoms with Crippen LogP contribution >= 0.6 is 0 Å². The fourth-order valence-corrected chi connectivity index (χ4v) is 3.14. The summed E-state index contributed by atoms with van der Waals surface area (Å²) in [6.07, 6.45) is 4.32. The molecule has 4 rings (SSSR count). The van der Waals surface area contributed by atoms with Crippen molar-refractivity contribution in [3.8, 4) is 11.3 Å². The maximum absolute atomic E-state index is 13.1. The number of amides is 1. The van der Waals surface area contributed by atoms with Gasteiger partial charge in [0.2, 0.25) is 5.91 Å². The van der Waals surface area contributed by atoms with Crippen LogP contribution in [0.2, 0.25) is 0 Å². The number of anilines is 3. The van der Waals surface area contributed by atoms with Crippen LogP contribution in [0, 0.1) is 12.8 Å². The van der Waals surface area contributed by atoms with Crippen molar-refractivity contribution in [1.82, 2.24) is 19.9 Å². The molecular formula is C22H20F2N6O2. The molecule has 1 aliphatic carbocycles. The Kier molecular flexibility index (Phi) is 5.60. The van der Waals surface area contributed by atoms with Crippen LogP contribution in [-0.2, 0) is 4.79 Å². The summed E-state index contributed by atoms with van der Waals surface area (Å²) in [4.78, 5) is 40.6. The molecule has 3 aromatic rings. The van der Waals surface area contributed by atoms with Crippen molar-refractivity contribution in [3.05, 3.63) is 54.2 Å². The second-order valence-corrected chi connectivity index (χ2v) is 7.48. The number of aryl methyl sites for hydroxylation is 1. The van der Waals surface area contributed by atoms with E-state index in [-0.39, 0.29) is 11.6 Å². The van der Waals surface area contributed by atoms with E-state index in [2.05, 4.69) is 30.6 Å². The Morgan fingerprint density at radius 1 is 1.19 bits per heavy atom. The number of ketones is 1. The third-order valence-corrected chi connectivity index (χ3v) is 5.12. The van der Waals surface area contributed by atoms with E-state index in [1.807, 2.05) is 6.92 Å². The number of aromatic nitrogens is 4. The molecule has 1 fully saturated rings. The molecule has 0 spiro atoms. The molecule has 2 N–H and O–H groups in total. The van der Waals surface area contributed by atoms with Crippen LogP contribution in [-0.4, -0.2) is 37.5 Å². The molecule has 0 radical (unpaired) electrons. The smallest absolute Gasteiger partial charge is 0.260 e. The average Bonchev–Trinajstić information content (AvgIpc) is 3.43. The van der Waals surface area contributed by atoms with E-state index < -0.39 is 24.2 Å². The normalized spacial score (nSPS) is 16.3. The van der Waals surface area contributed by atoms with Crippen LogP contribution in [0.5, 0.6) is 0 Å². The highest BCUT2D eigenvalue weighted by Gasteiger charge is 2.61. The predicted molar refractivity (Wildman–Crippen MR) is 114 cm³/mol. The van der Waals surface area contributed by atoms with E-state index in [1.54, 1.807) is 37.5 Å². The molecule has 8 nitrogen and oxygen atoms in total. The molecule has 10 heteroatoms. The summed E-state index contributed by atoms with van der Waals surface area (Å²) in [7, 11) is 0. The van der Waals surface area contributed by atoms with Crippen LogP contribution in [0.1, 0.15) is 35.8 Å². The number of nitrogens with one attached hydrogen (secondary N) is 2. The molecule has 1 saturated carbocycles. The zero-order valence-corrected chi connectivity index (χ0v) is 17.4. The lowest BCUT2D eigenvalue weighted by Crippen LogP contribution is -2.18. The van der Waals surface area contributed by atoms with Gasteiger partial charge in [-0.1, -0.05) is 6.92 Å². The minimum Gasteiger partial charge on any atom is -0.338 e. The maximum atomic E-state index is 13.1. The van der Waals surface area contributed by atoms with Gasteiger partial charge >= 0.3 is 0 Å². The van der Waals surface area contributed by atoms with Crippen LogP contribution in [0.3, 0.4) is 0 Å². The lowest BCUT2D eigenvalue weighted by atomic mass is 10.1. The highest BCUT2D eigenvalue weighted by Crippen LogP contribution is 2.49. The standard InChI is InChI=1S/C22H20F2N6O2/c1-3-18(31)16-7-12(2)17(10-26-16)29-20-13(5-4-6-25-20)15-8-19(28-11-27-15)30-21(32)14-9-22(14,23)24/h4-8,10-11,14H,3,9H2,1-2H3,(H,25,29)(H,27,28,30,32)/t14-/m1/s1. The summed E-state index contributed by atoms with van der Waals surface area (Å²) in [5.74, 6) is -4.50. The fourth-order valence-electron chi connectivity index (χ4n) is 3.14. The molecular weight excluding hydrogens is 418 g/mol. The number of hydrogen-bond donors (Lipinski definition) is 2. The molecule has 3 heterocycles. The van der Waals surface area contributed by atoms with Crippen LogP contribution in [0.15, 0.2) is 43.0 Å². The third-order valence-electron chi connectivity index (χ3n) is 5.12. The van der Waals surface area contributed by atoms with E-state index in [0.717, 1.165) is 5.56 Å². The van der Waals surface area contributed by atoms with Gasteiger partial charge in [0.15, 0.2) is 5.78 Å². The first-order valence-electron chi connectivity index (χ1n) is 10.0. The van der Waals surface area contributed by atoms with E-state index >= 15 is 0 Å². The van der Waals surface area contributed by atoms with E-state index in [4.69, 9.17) is 0 Å². The van der Waals surface area contributed by atoms with Crippen molar-refractivity contribution < 1.29 is 18.4 Å². The zero-order valence-electron chi connectivity index (χ0n) is 17.4.